The number of carbonyl (C=O) groups excluding carboxylic acids is 1. The quantitative estimate of drug-likeness (QED) is 0.877. The molecule has 1 aliphatic heterocycles. The zero-order valence-electron chi connectivity index (χ0n) is 14.7. The molecule has 2 atom stereocenters. The number of carbonyl (C=O) groups is 1. The molecule has 1 unspecified atom stereocenters. The van der Waals surface area contributed by atoms with E-state index in [9.17, 15) is 4.79 Å². The summed E-state index contributed by atoms with van der Waals surface area (Å²) in [6.45, 7) is 8.74. The van der Waals surface area contributed by atoms with E-state index in [4.69, 9.17) is 5.73 Å². The Labute approximate surface area is 140 Å². The summed E-state index contributed by atoms with van der Waals surface area (Å²) in [5.74, 6) is -0.0391. The minimum atomic E-state index is -0.464. The summed E-state index contributed by atoms with van der Waals surface area (Å²) >= 11 is 0. The maximum atomic E-state index is 12.2. The standard InChI is InChI=1S/C19H31N3O/c1-19(2,3)17(20)18(23)21-13-16-11-7-8-12-22(16)14-15-9-5-4-6-10-15/h4-6,9-10,16-17H,7-8,11-14,20H2,1-3H3,(H,21,23)/t16?,17-/m1/s1. The van der Waals surface area contributed by atoms with Crippen molar-refractivity contribution in [1.82, 2.24) is 10.2 Å². The van der Waals surface area contributed by atoms with Crippen molar-refractivity contribution in [3.63, 3.8) is 0 Å². The van der Waals surface area contributed by atoms with E-state index in [1.165, 1.54) is 18.4 Å². The van der Waals surface area contributed by atoms with E-state index in [1.54, 1.807) is 0 Å². The van der Waals surface area contributed by atoms with E-state index in [2.05, 4.69) is 34.5 Å². The highest BCUT2D eigenvalue weighted by Gasteiger charge is 2.29. The summed E-state index contributed by atoms with van der Waals surface area (Å²) in [5.41, 5.74) is 7.17. The Kier molecular flexibility index (Phi) is 6.19. The Morgan fingerprint density at radius 1 is 1.30 bits per heavy atom. The van der Waals surface area contributed by atoms with Crippen molar-refractivity contribution in [3.05, 3.63) is 35.9 Å². The van der Waals surface area contributed by atoms with Crippen molar-refractivity contribution in [1.29, 1.82) is 0 Å². The summed E-state index contributed by atoms with van der Waals surface area (Å²) in [6.07, 6.45) is 3.60. The van der Waals surface area contributed by atoms with Gasteiger partial charge in [-0.2, -0.15) is 0 Å². The fourth-order valence-electron chi connectivity index (χ4n) is 3.04. The molecule has 23 heavy (non-hydrogen) atoms. The van der Waals surface area contributed by atoms with E-state index in [0.29, 0.717) is 12.6 Å². The van der Waals surface area contributed by atoms with Crippen LogP contribution in [-0.4, -0.2) is 36.0 Å². The molecule has 1 saturated heterocycles. The maximum Gasteiger partial charge on any atom is 0.237 e. The van der Waals surface area contributed by atoms with Gasteiger partial charge in [0.05, 0.1) is 6.04 Å². The number of benzene rings is 1. The van der Waals surface area contributed by atoms with E-state index in [-0.39, 0.29) is 11.3 Å². The molecule has 128 valence electrons. The van der Waals surface area contributed by atoms with Gasteiger partial charge in [0.2, 0.25) is 5.91 Å². The molecule has 1 aliphatic rings. The Bertz CT molecular complexity index is 495. The molecule has 0 saturated carbocycles. The molecule has 0 spiro atoms. The third-order valence-electron chi connectivity index (χ3n) is 4.70. The van der Waals surface area contributed by atoms with Crippen molar-refractivity contribution in [3.8, 4) is 0 Å². The van der Waals surface area contributed by atoms with Gasteiger partial charge >= 0.3 is 0 Å². The summed E-state index contributed by atoms with van der Waals surface area (Å²) < 4.78 is 0. The molecule has 0 radical (unpaired) electrons. The lowest BCUT2D eigenvalue weighted by Crippen LogP contribution is -2.52. The molecule has 4 heteroatoms. The average Bonchev–Trinajstić information content (AvgIpc) is 2.53. The van der Waals surface area contributed by atoms with E-state index in [0.717, 1.165) is 19.5 Å². The van der Waals surface area contributed by atoms with E-state index >= 15 is 0 Å². The second-order valence-electron chi connectivity index (χ2n) is 7.69. The van der Waals surface area contributed by atoms with Gasteiger partial charge in [0, 0.05) is 19.1 Å². The van der Waals surface area contributed by atoms with E-state index < -0.39 is 6.04 Å². The number of piperidine rings is 1. The van der Waals surface area contributed by atoms with Crippen LogP contribution in [-0.2, 0) is 11.3 Å². The van der Waals surface area contributed by atoms with Crippen molar-refractivity contribution < 1.29 is 4.79 Å². The van der Waals surface area contributed by atoms with Gasteiger partial charge in [-0.3, -0.25) is 9.69 Å². The Hall–Kier alpha value is -1.39. The molecular formula is C19H31N3O. The van der Waals surface area contributed by atoms with Crippen LogP contribution in [0.5, 0.6) is 0 Å². The summed E-state index contributed by atoms with van der Waals surface area (Å²) in [6, 6.07) is 10.5. The number of likely N-dealkylation sites (tertiary alicyclic amines) is 1. The lowest BCUT2D eigenvalue weighted by Gasteiger charge is -2.36. The molecule has 1 heterocycles. The van der Waals surface area contributed by atoms with Gasteiger partial charge in [-0.15, -0.1) is 0 Å². The first-order valence-corrected chi connectivity index (χ1v) is 8.69. The summed E-state index contributed by atoms with van der Waals surface area (Å²) in [7, 11) is 0. The summed E-state index contributed by atoms with van der Waals surface area (Å²) in [5, 5.41) is 3.07. The molecule has 1 amide bonds. The molecule has 0 bridgehead atoms. The van der Waals surface area contributed by atoms with Crippen LogP contribution in [0.25, 0.3) is 0 Å². The number of nitrogens with two attached hydrogens (primary N) is 1. The molecule has 1 aromatic carbocycles. The first-order valence-electron chi connectivity index (χ1n) is 8.69. The number of hydrogen-bond donors (Lipinski definition) is 2. The minimum Gasteiger partial charge on any atom is -0.353 e. The first-order chi connectivity index (χ1) is 10.9. The third-order valence-corrected chi connectivity index (χ3v) is 4.70. The minimum absolute atomic E-state index is 0.0391. The van der Waals surface area contributed by atoms with Crippen LogP contribution in [0.2, 0.25) is 0 Å². The molecule has 1 aromatic rings. The fourth-order valence-corrected chi connectivity index (χ4v) is 3.04. The SMILES string of the molecule is CC(C)(C)[C@H](N)C(=O)NCC1CCCCN1Cc1ccccc1. The van der Waals surface area contributed by atoms with Gasteiger partial charge in [-0.05, 0) is 30.4 Å². The largest absolute Gasteiger partial charge is 0.353 e. The number of rotatable bonds is 5. The Morgan fingerprint density at radius 2 is 2.00 bits per heavy atom. The number of nitrogens with one attached hydrogen (secondary N) is 1. The van der Waals surface area contributed by atoms with Crippen molar-refractivity contribution in [2.24, 2.45) is 11.1 Å². The highest BCUT2D eigenvalue weighted by Crippen LogP contribution is 2.20. The highest BCUT2D eigenvalue weighted by molar-refractivity contribution is 5.82. The van der Waals surface area contributed by atoms with Crippen LogP contribution in [0.3, 0.4) is 0 Å². The Balaban J connectivity index is 1.90. The molecule has 4 nitrogen and oxygen atoms in total. The van der Waals surface area contributed by atoms with Crippen molar-refractivity contribution in [2.45, 2.75) is 58.7 Å². The lowest BCUT2D eigenvalue weighted by atomic mass is 9.87. The predicted octanol–water partition coefficient (Wildman–Crippen LogP) is 2.53. The highest BCUT2D eigenvalue weighted by atomic mass is 16.2. The van der Waals surface area contributed by atoms with Crippen LogP contribution in [0.15, 0.2) is 30.3 Å². The molecule has 0 aromatic heterocycles. The second-order valence-corrected chi connectivity index (χ2v) is 7.69. The van der Waals surface area contributed by atoms with Gasteiger partial charge in [0.1, 0.15) is 0 Å². The lowest BCUT2D eigenvalue weighted by molar-refractivity contribution is -0.124. The van der Waals surface area contributed by atoms with Crippen LogP contribution in [0, 0.1) is 5.41 Å². The van der Waals surface area contributed by atoms with Crippen molar-refractivity contribution >= 4 is 5.91 Å². The average molecular weight is 317 g/mol. The molecule has 2 rings (SSSR count). The first kappa shape index (κ1) is 18.0. The van der Waals surface area contributed by atoms with Gasteiger partial charge in [0.25, 0.3) is 0 Å². The van der Waals surface area contributed by atoms with Crippen LogP contribution in [0.1, 0.15) is 45.6 Å². The smallest absolute Gasteiger partial charge is 0.237 e. The topological polar surface area (TPSA) is 58.4 Å². The van der Waals surface area contributed by atoms with Gasteiger partial charge in [-0.1, -0.05) is 57.5 Å². The van der Waals surface area contributed by atoms with Gasteiger partial charge < -0.3 is 11.1 Å². The van der Waals surface area contributed by atoms with Crippen LogP contribution < -0.4 is 11.1 Å². The molecule has 0 aliphatic carbocycles. The number of nitrogens with zero attached hydrogens (tertiary/aromatic N) is 1. The monoisotopic (exact) mass is 317 g/mol. The maximum absolute atomic E-state index is 12.2. The van der Waals surface area contributed by atoms with E-state index in [1.807, 2.05) is 26.8 Å². The third kappa shape index (κ3) is 5.33. The van der Waals surface area contributed by atoms with Crippen LogP contribution in [0.4, 0.5) is 0 Å². The predicted molar refractivity (Wildman–Crippen MR) is 94.9 cm³/mol. The number of amides is 1. The van der Waals surface area contributed by atoms with Crippen molar-refractivity contribution in [2.75, 3.05) is 13.1 Å². The zero-order valence-corrected chi connectivity index (χ0v) is 14.7. The normalized spacial score (nSPS) is 21.0. The zero-order chi connectivity index (χ0) is 16.9. The Morgan fingerprint density at radius 3 is 2.65 bits per heavy atom. The summed E-state index contributed by atoms with van der Waals surface area (Å²) in [4.78, 5) is 14.7. The molecule has 3 N–H and O–H groups in total. The van der Waals surface area contributed by atoms with Gasteiger partial charge in [0.15, 0.2) is 0 Å². The van der Waals surface area contributed by atoms with Crippen LogP contribution >= 0.6 is 0 Å². The van der Waals surface area contributed by atoms with Gasteiger partial charge in [-0.25, -0.2) is 0 Å². The fraction of sp³-hybridized carbons (Fsp3) is 0.632. The molecular weight excluding hydrogens is 286 g/mol. The molecule has 1 fully saturated rings. The second kappa shape index (κ2) is 7.93. The number of hydrogen-bond acceptors (Lipinski definition) is 3.